The maximum atomic E-state index is 12.7. The lowest BCUT2D eigenvalue weighted by Crippen LogP contribution is -2.42. The van der Waals surface area contributed by atoms with Crippen LogP contribution in [0, 0.1) is 0 Å². The van der Waals surface area contributed by atoms with Crippen LogP contribution in [0.3, 0.4) is 0 Å². The van der Waals surface area contributed by atoms with Gasteiger partial charge in [-0.3, -0.25) is 9.59 Å². The Balaban J connectivity index is 1.24. The van der Waals surface area contributed by atoms with Gasteiger partial charge < -0.3 is 9.64 Å². The maximum Gasteiger partial charge on any atom is 0.306 e. The molecule has 29 heavy (non-hydrogen) atoms. The Morgan fingerprint density at radius 2 is 1.90 bits per heavy atom. The number of aromatic nitrogens is 1. The Kier molecular flexibility index (Phi) is 5.90. The third-order valence-electron chi connectivity index (χ3n) is 5.21. The number of hydrogen-bond donors (Lipinski definition) is 0. The minimum atomic E-state index is -0.754. The fourth-order valence-corrected chi connectivity index (χ4v) is 4.67. The molecule has 0 aliphatic carbocycles. The highest BCUT2D eigenvalue weighted by Crippen LogP contribution is 2.23. The van der Waals surface area contributed by atoms with Gasteiger partial charge in [-0.2, -0.15) is 0 Å². The van der Waals surface area contributed by atoms with E-state index in [9.17, 15) is 9.59 Å². The van der Waals surface area contributed by atoms with Crippen LogP contribution in [0.25, 0.3) is 10.2 Å². The van der Waals surface area contributed by atoms with Gasteiger partial charge in [0.15, 0.2) is 6.10 Å². The van der Waals surface area contributed by atoms with Crippen molar-refractivity contribution < 1.29 is 14.3 Å². The lowest BCUT2D eigenvalue weighted by Gasteiger charge is -2.30. The zero-order valence-corrected chi connectivity index (χ0v) is 17.3. The summed E-state index contributed by atoms with van der Waals surface area (Å²) in [6, 6.07) is 16.2. The molecule has 2 heterocycles. The number of carbonyl (C=O) groups excluding carboxylic acids is 2. The molecule has 5 nitrogen and oxygen atoms in total. The summed E-state index contributed by atoms with van der Waals surface area (Å²) in [5, 5.41) is 1.02. The minimum Gasteiger partial charge on any atom is -0.453 e. The molecule has 4 rings (SSSR count). The fourth-order valence-electron chi connectivity index (χ4n) is 3.66. The molecule has 1 atom stereocenters. The predicted molar refractivity (Wildman–Crippen MR) is 114 cm³/mol. The fraction of sp³-hybridized carbons (Fsp3) is 0.348. The van der Waals surface area contributed by atoms with Crippen LogP contribution in [0.5, 0.6) is 0 Å². The topological polar surface area (TPSA) is 59.5 Å². The molecule has 2 aromatic carbocycles. The lowest BCUT2D eigenvalue weighted by atomic mass is 9.99. The summed E-state index contributed by atoms with van der Waals surface area (Å²) in [7, 11) is 0. The molecule has 0 saturated heterocycles. The molecular formula is C23H24N2O3S. The van der Waals surface area contributed by atoms with Gasteiger partial charge in [-0.05, 0) is 49.4 Å². The standard InChI is InChI=1S/C23H24N2O3S/c1-16(23(27)25-14-13-17-7-2-3-8-18(17)15-25)28-22(26)12-6-11-21-24-19-9-4-5-10-20(19)29-21/h2-5,7-10,16H,6,11-15H2,1H3/t16-/m0/s1. The van der Waals surface area contributed by atoms with Crippen molar-refractivity contribution in [1.82, 2.24) is 9.88 Å². The van der Waals surface area contributed by atoms with Gasteiger partial charge in [0.2, 0.25) is 0 Å². The zero-order chi connectivity index (χ0) is 20.2. The molecule has 150 valence electrons. The first-order chi connectivity index (χ1) is 14.1. The van der Waals surface area contributed by atoms with Crippen molar-refractivity contribution in [2.75, 3.05) is 6.54 Å². The number of para-hydroxylation sites is 1. The van der Waals surface area contributed by atoms with E-state index in [2.05, 4.69) is 17.1 Å². The third-order valence-corrected chi connectivity index (χ3v) is 6.30. The summed E-state index contributed by atoms with van der Waals surface area (Å²) in [5.41, 5.74) is 3.45. The van der Waals surface area contributed by atoms with Crippen molar-refractivity contribution in [3.8, 4) is 0 Å². The van der Waals surface area contributed by atoms with Crippen molar-refractivity contribution in [3.05, 3.63) is 64.7 Å². The van der Waals surface area contributed by atoms with Gasteiger partial charge in [-0.1, -0.05) is 36.4 Å². The van der Waals surface area contributed by atoms with Crippen LogP contribution in [-0.2, 0) is 33.7 Å². The molecule has 6 heteroatoms. The van der Waals surface area contributed by atoms with Gasteiger partial charge in [0.25, 0.3) is 5.91 Å². The van der Waals surface area contributed by atoms with E-state index in [1.165, 1.54) is 11.1 Å². The summed E-state index contributed by atoms with van der Waals surface area (Å²) in [6.07, 6.45) is 1.77. The molecule has 0 bridgehead atoms. The second-order valence-electron chi connectivity index (χ2n) is 7.34. The van der Waals surface area contributed by atoms with E-state index in [-0.39, 0.29) is 18.3 Å². The largest absolute Gasteiger partial charge is 0.453 e. The molecule has 0 N–H and O–H groups in total. The van der Waals surface area contributed by atoms with E-state index in [1.54, 1.807) is 23.2 Å². The Hall–Kier alpha value is -2.73. The molecule has 1 amide bonds. The van der Waals surface area contributed by atoms with E-state index in [1.807, 2.05) is 36.4 Å². The number of aryl methyl sites for hydroxylation is 1. The highest BCUT2D eigenvalue weighted by molar-refractivity contribution is 7.18. The average Bonchev–Trinajstić information content (AvgIpc) is 3.15. The van der Waals surface area contributed by atoms with Crippen LogP contribution in [0.2, 0.25) is 0 Å². The van der Waals surface area contributed by atoms with Gasteiger partial charge >= 0.3 is 5.97 Å². The van der Waals surface area contributed by atoms with E-state index in [0.717, 1.165) is 28.1 Å². The van der Waals surface area contributed by atoms with Crippen LogP contribution >= 0.6 is 11.3 Å². The summed E-state index contributed by atoms with van der Waals surface area (Å²) in [5.74, 6) is -0.455. The van der Waals surface area contributed by atoms with Crippen LogP contribution in [-0.4, -0.2) is 34.4 Å². The normalized spacial score (nSPS) is 14.4. The van der Waals surface area contributed by atoms with E-state index in [0.29, 0.717) is 19.5 Å². The summed E-state index contributed by atoms with van der Waals surface area (Å²) in [6.45, 7) is 2.90. The highest BCUT2D eigenvalue weighted by atomic mass is 32.1. The second kappa shape index (κ2) is 8.74. The van der Waals surface area contributed by atoms with Crippen molar-refractivity contribution in [2.24, 2.45) is 0 Å². The maximum absolute atomic E-state index is 12.7. The molecule has 0 fully saturated rings. The molecule has 0 spiro atoms. The monoisotopic (exact) mass is 408 g/mol. The van der Waals surface area contributed by atoms with Crippen molar-refractivity contribution >= 4 is 33.4 Å². The number of fused-ring (bicyclic) bond motifs is 2. The molecule has 1 aromatic heterocycles. The smallest absolute Gasteiger partial charge is 0.306 e. The van der Waals surface area contributed by atoms with Crippen molar-refractivity contribution in [3.63, 3.8) is 0 Å². The molecular weight excluding hydrogens is 384 g/mol. The first-order valence-corrected chi connectivity index (χ1v) is 10.8. The molecule has 1 aliphatic heterocycles. The highest BCUT2D eigenvalue weighted by Gasteiger charge is 2.26. The summed E-state index contributed by atoms with van der Waals surface area (Å²) < 4.78 is 6.56. The van der Waals surface area contributed by atoms with E-state index < -0.39 is 6.10 Å². The average molecular weight is 409 g/mol. The van der Waals surface area contributed by atoms with E-state index in [4.69, 9.17) is 4.74 Å². The Labute approximate surface area is 174 Å². The van der Waals surface area contributed by atoms with Gasteiger partial charge in [0, 0.05) is 19.5 Å². The first kappa shape index (κ1) is 19.6. The number of esters is 1. The number of hydrogen-bond acceptors (Lipinski definition) is 5. The molecule has 3 aromatic rings. The number of amides is 1. The number of ether oxygens (including phenoxy) is 1. The summed E-state index contributed by atoms with van der Waals surface area (Å²) >= 11 is 1.66. The Morgan fingerprint density at radius 3 is 2.72 bits per heavy atom. The number of benzene rings is 2. The number of nitrogens with zero attached hydrogens (tertiary/aromatic N) is 2. The van der Waals surface area contributed by atoms with Gasteiger partial charge in [0.1, 0.15) is 0 Å². The third kappa shape index (κ3) is 4.65. The van der Waals surface area contributed by atoms with Crippen LogP contribution < -0.4 is 0 Å². The Morgan fingerprint density at radius 1 is 1.14 bits per heavy atom. The van der Waals surface area contributed by atoms with Gasteiger partial charge in [-0.15, -0.1) is 11.3 Å². The minimum absolute atomic E-state index is 0.126. The number of carbonyl (C=O) groups is 2. The summed E-state index contributed by atoms with van der Waals surface area (Å²) in [4.78, 5) is 31.2. The quantitative estimate of drug-likeness (QED) is 0.575. The zero-order valence-electron chi connectivity index (χ0n) is 16.5. The SMILES string of the molecule is C[C@H](OC(=O)CCCc1nc2ccccc2s1)C(=O)N1CCc2ccccc2C1. The number of thiazole rings is 1. The van der Waals surface area contributed by atoms with Gasteiger partial charge in [0.05, 0.1) is 15.2 Å². The predicted octanol–water partition coefficient (Wildman–Crippen LogP) is 4.14. The van der Waals surface area contributed by atoms with Crippen LogP contribution in [0.1, 0.15) is 35.9 Å². The molecule has 1 aliphatic rings. The first-order valence-electron chi connectivity index (χ1n) is 9.99. The molecule has 0 unspecified atom stereocenters. The number of rotatable bonds is 6. The molecule has 0 saturated carbocycles. The Bertz CT molecular complexity index is 997. The van der Waals surface area contributed by atoms with Crippen molar-refractivity contribution in [1.29, 1.82) is 0 Å². The van der Waals surface area contributed by atoms with Crippen LogP contribution in [0.15, 0.2) is 48.5 Å². The van der Waals surface area contributed by atoms with Gasteiger partial charge in [-0.25, -0.2) is 4.98 Å². The van der Waals surface area contributed by atoms with Crippen molar-refractivity contribution in [2.45, 2.75) is 45.3 Å². The second-order valence-corrected chi connectivity index (χ2v) is 8.45. The van der Waals surface area contributed by atoms with E-state index >= 15 is 0 Å². The molecule has 0 radical (unpaired) electrons. The van der Waals surface area contributed by atoms with Crippen LogP contribution in [0.4, 0.5) is 0 Å². The lowest BCUT2D eigenvalue weighted by molar-refractivity contribution is -0.159.